The summed E-state index contributed by atoms with van der Waals surface area (Å²) in [5, 5.41) is 25.1. The number of aliphatic hydroxyl groups excluding tert-OH is 1. The Balaban J connectivity index is 0.000000427. The number of rotatable bonds is 3. The summed E-state index contributed by atoms with van der Waals surface area (Å²) in [4.78, 5) is 37.5. The van der Waals surface area contributed by atoms with E-state index in [0.717, 1.165) is 19.2 Å². The number of aliphatic hydroxyl groups is 1. The fourth-order valence-corrected chi connectivity index (χ4v) is 3.69. The van der Waals surface area contributed by atoms with E-state index in [-0.39, 0.29) is 23.6 Å². The Hall–Kier alpha value is -3.18. The van der Waals surface area contributed by atoms with Crippen LogP contribution in [-0.4, -0.2) is 82.7 Å². The number of likely N-dealkylation sites (N-methyl/N-ethyl adjacent to an activating group) is 1. The molecule has 174 valence electrons. The molecule has 10 nitrogen and oxygen atoms in total. The fraction of sp³-hybridized carbons (Fsp3) is 0.476. The number of pyridine rings is 1. The number of ether oxygens (including phenoxy) is 1. The third-order valence-corrected chi connectivity index (χ3v) is 5.55. The third-order valence-electron chi connectivity index (χ3n) is 5.55. The second-order valence-electron chi connectivity index (χ2n) is 7.98. The molecule has 2 aliphatic heterocycles. The van der Waals surface area contributed by atoms with Gasteiger partial charge in [0.25, 0.3) is 0 Å². The van der Waals surface area contributed by atoms with Crippen molar-refractivity contribution in [3.63, 3.8) is 0 Å². The van der Waals surface area contributed by atoms with Gasteiger partial charge in [-0.2, -0.15) is 0 Å². The Kier molecular flexibility index (Phi) is 6.70. The molecule has 2 atom stereocenters. The van der Waals surface area contributed by atoms with Crippen molar-refractivity contribution in [3.8, 4) is 5.75 Å². The average Bonchev–Trinajstić information content (AvgIpc) is 2.73. The maximum atomic E-state index is 15.0. The molecule has 3 N–H and O–H groups in total. The standard InChI is InChI=1S/C18H20FN3O4.C3H6O3/c1-10-9-26-17-14-11(16(23)12(18(24)25)8-22(10)14)7-13(19)15(17)21-5-3-20(2)4-6-21;1-2(4)3(5)6/h7-8,10H,3-6,9H2,1-2H3,(H,24,25);2,4H,1H3,(H,5,6)/t10-;/m1./s1. The molecule has 32 heavy (non-hydrogen) atoms. The molecular weight excluding hydrogens is 425 g/mol. The van der Waals surface area contributed by atoms with Gasteiger partial charge in [-0.3, -0.25) is 4.79 Å². The highest BCUT2D eigenvalue weighted by Crippen LogP contribution is 2.42. The number of hydrogen-bond acceptors (Lipinski definition) is 7. The van der Waals surface area contributed by atoms with Gasteiger partial charge in [-0.05, 0) is 27.0 Å². The number of carboxylic acid groups (broad SMARTS) is 2. The van der Waals surface area contributed by atoms with Gasteiger partial charge in [0.05, 0.1) is 16.9 Å². The lowest BCUT2D eigenvalue weighted by atomic mass is 10.1. The van der Waals surface area contributed by atoms with Gasteiger partial charge in [0.2, 0.25) is 5.43 Å². The zero-order valence-corrected chi connectivity index (χ0v) is 18.0. The first-order valence-electron chi connectivity index (χ1n) is 10.1. The van der Waals surface area contributed by atoms with Gasteiger partial charge in [-0.25, -0.2) is 14.0 Å². The van der Waals surface area contributed by atoms with Crippen molar-refractivity contribution in [3.05, 3.63) is 33.9 Å². The minimum atomic E-state index is -1.32. The summed E-state index contributed by atoms with van der Waals surface area (Å²) in [6.45, 7) is 6.27. The first kappa shape index (κ1) is 23.5. The SMILES string of the molecule is CC(O)C(=O)O.C[C@@H]1COc2c(N3CCN(C)CC3)c(F)cc3c(=O)c(C(=O)O)cn1c23. The number of benzene rings is 1. The van der Waals surface area contributed by atoms with Crippen molar-refractivity contribution in [2.45, 2.75) is 26.0 Å². The summed E-state index contributed by atoms with van der Waals surface area (Å²) < 4.78 is 22.6. The topological polar surface area (TPSA) is 133 Å². The van der Waals surface area contributed by atoms with Crippen LogP contribution in [0.4, 0.5) is 10.1 Å². The Morgan fingerprint density at radius 3 is 2.34 bits per heavy atom. The quantitative estimate of drug-likeness (QED) is 0.625. The number of aromatic carboxylic acids is 1. The van der Waals surface area contributed by atoms with E-state index in [1.54, 1.807) is 4.57 Å². The number of piperazine rings is 1. The molecule has 0 spiro atoms. The van der Waals surface area contributed by atoms with Gasteiger partial charge in [-0.1, -0.05) is 0 Å². The van der Waals surface area contributed by atoms with Crippen LogP contribution in [0.3, 0.4) is 0 Å². The second-order valence-corrected chi connectivity index (χ2v) is 7.98. The van der Waals surface area contributed by atoms with E-state index in [4.69, 9.17) is 14.9 Å². The van der Waals surface area contributed by atoms with Crippen molar-refractivity contribution < 1.29 is 34.0 Å². The third kappa shape index (κ3) is 4.39. The number of anilines is 1. The van der Waals surface area contributed by atoms with Crippen LogP contribution in [0.15, 0.2) is 17.1 Å². The lowest BCUT2D eigenvalue weighted by molar-refractivity contribution is -0.145. The van der Waals surface area contributed by atoms with Crippen molar-refractivity contribution in [1.82, 2.24) is 9.47 Å². The molecule has 4 rings (SSSR count). The molecule has 0 radical (unpaired) electrons. The number of halogens is 1. The monoisotopic (exact) mass is 451 g/mol. The zero-order valence-electron chi connectivity index (χ0n) is 18.0. The molecule has 0 saturated carbocycles. The van der Waals surface area contributed by atoms with Gasteiger partial charge >= 0.3 is 11.9 Å². The Morgan fingerprint density at radius 2 is 1.81 bits per heavy atom. The molecule has 1 aromatic carbocycles. The van der Waals surface area contributed by atoms with E-state index < -0.39 is 29.3 Å². The van der Waals surface area contributed by atoms with Gasteiger partial charge in [0.15, 0.2) is 11.6 Å². The highest BCUT2D eigenvalue weighted by atomic mass is 19.1. The van der Waals surface area contributed by atoms with Crippen LogP contribution >= 0.6 is 0 Å². The van der Waals surface area contributed by atoms with Crippen molar-refractivity contribution in [2.75, 3.05) is 44.7 Å². The number of hydrogen-bond donors (Lipinski definition) is 3. The van der Waals surface area contributed by atoms with E-state index >= 15 is 0 Å². The molecule has 3 heterocycles. The van der Waals surface area contributed by atoms with E-state index in [0.29, 0.717) is 30.0 Å². The predicted molar refractivity (Wildman–Crippen MR) is 114 cm³/mol. The molecule has 2 aromatic rings. The molecule has 11 heteroatoms. The van der Waals surface area contributed by atoms with Gasteiger partial charge in [-0.15, -0.1) is 0 Å². The summed E-state index contributed by atoms with van der Waals surface area (Å²) in [7, 11) is 2.02. The van der Waals surface area contributed by atoms with Gasteiger partial charge in [0.1, 0.15) is 24.0 Å². The molecule has 0 amide bonds. The molecule has 1 fully saturated rings. The van der Waals surface area contributed by atoms with Gasteiger partial charge < -0.3 is 34.4 Å². The molecule has 2 aliphatic rings. The summed E-state index contributed by atoms with van der Waals surface area (Å²) >= 11 is 0. The van der Waals surface area contributed by atoms with Crippen LogP contribution in [0.1, 0.15) is 30.2 Å². The molecule has 1 aromatic heterocycles. The van der Waals surface area contributed by atoms with Crippen LogP contribution in [0.2, 0.25) is 0 Å². The maximum absolute atomic E-state index is 15.0. The number of aliphatic carboxylic acids is 1. The second kappa shape index (κ2) is 9.13. The molecular formula is C21H26FN3O7. The summed E-state index contributed by atoms with van der Waals surface area (Å²) in [6, 6.07) is 0.994. The van der Waals surface area contributed by atoms with Crippen molar-refractivity contribution >= 4 is 28.5 Å². The van der Waals surface area contributed by atoms with Crippen LogP contribution in [-0.2, 0) is 4.79 Å². The lowest BCUT2D eigenvalue weighted by Gasteiger charge is -2.37. The summed E-state index contributed by atoms with van der Waals surface area (Å²) in [5.41, 5.74) is -0.224. The highest BCUT2D eigenvalue weighted by Gasteiger charge is 2.30. The fourth-order valence-electron chi connectivity index (χ4n) is 3.69. The van der Waals surface area contributed by atoms with Crippen LogP contribution < -0.4 is 15.1 Å². The van der Waals surface area contributed by atoms with Crippen LogP contribution in [0.25, 0.3) is 10.9 Å². The Labute approximate surface area is 183 Å². The van der Waals surface area contributed by atoms with Crippen molar-refractivity contribution in [1.29, 1.82) is 0 Å². The van der Waals surface area contributed by atoms with Gasteiger partial charge in [0, 0.05) is 32.4 Å². The lowest BCUT2D eigenvalue weighted by Crippen LogP contribution is -2.45. The Morgan fingerprint density at radius 1 is 1.22 bits per heavy atom. The van der Waals surface area contributed by atoms with Crippen molar-refractivity contribution in [2.24, 2.45) is 0 Å². The normalized spacial score (nSPS) is 19.0. The minimum Gasteiger partial charge on any atom is -0.487 e. The van der Waals surface area contributed by atoms with E-state index in [2.05, 4.69) is 4.90 Å². The molecule has 0 bridgehead atoms. The first-order chi connectivity index (χ1) is 15.0. The minimum absolute atomic E-state index is 0.0434. The zero-order chi connectivity index (χ0) is 23.7. The maximum Gasteiger partial charge on any atom is 0.341 e. The summed E-state index contributed by atoms with van der Waals surface area (Å²) in [6.07, 6.45) is 0.111. The summed E-state index contributed by atoms with van der Waals surface area (Å²) in [5.74, 6) is -2.73. The van der Waals surface area contributed by atoms with E-state index in [1.165, 1.54) is 13.1 Å². The van der Waals surface area contributed by atoms with E-state index in [1.807, 2.05) is 18.9 Å². The Bertz CT molecular complexity index is 1110. The highest BCUT2D eigenvalue weighted by molar-refractivity contribution is 5.97. The molecule has 1 saturated heterocycles. The first-order valence-corrected chi connectivity index (χ1v) is 10.1. The predicted octanol–water partition coefficient (Wildman–Crippen LogP) is 0.996. The van der Waals surface area contributed by atoms with Crippen LogP contribution in [0, 0.1) is 5.82 Å². The number of nitrogens with zero attached hydrogens (tertiary/aromatic N) is 3. The molecule has 1 unspecified atom stereocenters. The number of carboxylic acids is 2. The smallest absolute Gasteiger partial charge is 0.341 e. The largest absolute Gasteiger partial charge is 0.487 e. The van der Waals surface area contributed by atoms with E-state index in [9.17, 15) is 23.9 Å². The van der Waals surface area contributed by atoms with Crippen LogP contribution in [0.5, 0.6) is 5.75 Å². The number of carbonyl (C=O) groups is 2. The number of aromatic nitrogens is 1. The molecule has 0 aliphatic carbocycles. The average molecular weight is 451 g/mol.